The number of morpholine rings is 1. The maximum absolute atomic E-state index is 5.92. The Labute approximate surface area is 138 Å². The highest BCUT2D eigenvalue weighted by molar-refractivity contribution is 5.18. The molecule has 124 valence electrons. The SMILES string of the molecule is CCn1cnnc1[C@@H]1CN(CC[C@H](C)c2ccccc2)CCO1. The van der Waals surface area contributed by atoms with Gasteiger partial charge in [0.05, 0.1) is 6.61 Å². The van der Waals surface area contributed by atoms with Crippen LogP contribution in [-0.2, 0) is 11.3 Å². The minimum Gasteiger partial charge on any atom is -0.368 e. The van der Waals surface area contributed by atoms with Crippen LogP contribution < -0.4 is 0 Å². The molecule has 5 heteroatoms. The van der Waals surface area contributed by atoms with Crippen LogP contribution in [0.5, 0.6) is 0 Å². The summed E-state index contributed by atoms with van der Waals surface area (Å²) in [5.74, 6) is 1.53. The smallest absolute Gasteiger partial charge is 0.163 e. The van der Waals surface area contributed by atoms with Crippen molar-refractivity contribution in [3.05, 3.63) is 48.0 Å². The lowest BCUT2D eigenvalue weighted by Gasteiger charge is -2.33. The van der Waals surface area contributed by atoms with E-state index in [2.05, 4.69) is 63.8 Å². The van der Waals surface area contributed by atoms with Gasteiger partial charge in [0, 0.05) is 19.6 Å². The first-order chi connectivity index (χ1) is 11.3. The van der Waals surface area contributed by atoms with Gasteiger partial charge in [-0.25, -0.2) is 0 Å². The number of hydrogen-bond acceptors (Lipinski definition) is 4. The maximum Gasteiger partial charge on any atom is 0.163 e. The molecule has 3 rings (SSSR count). The predicted octanol–water partition coefficient (Wildman–Crippen LogP) is 2.87. The van der Waals surface area contributed by atoms with E-state index in [1.165, 1.54) is 5.56 Å². The summed E-state index contributed by atoms with van der Waals surface area (Å²) in [4.78, 5) is 2.49. The summed E-state index contributed by atoms with van der Waals surface area (Å²) in [5, 5.41) is 8.27. The molecule has 1 aromatic heterocycles. The molecule has 1 aliphatic rings. The summed E-state index contributed by atoms with van der Waals surface area (Å²) in [6.45, 7) is 9.05. The second kappa shape index (κ2) is 7.70. The van der Waals surface area contributed by atoms with Crippen molar-refractivity contribution in [1.82, 2.24) is 19.7 Å². The van der Waals surface area contributed by atoms with E-state index in [1.54, 1.807) is 6.33 Å². The Hall–Kier alpha value is -1.72. The minimum absolute atomic E-state index is 0.0400. The summed E-state index contributed by atoms with van der Waals surface area (Å²) in [5.41, 5.74) is 1.42. The molecule has 0 unspecified atom stereocenters. The molecule has 1 aromatic carbocycles. The zero-order valence-electron chi connectivity index (χ0n) is 14.1. The third-order valence-electron chi connectivity index (χ3n) is 4.67. The average molecular weight is 314 g/mol. The van der Waals surface area contributed by atoms with Gasteiger partial charge in [0.15, 0.2) is 5.82 Å². The fraction of sp³-hybridized carbons (Fsp3) is 0.556. The number of rotatable bonds is 6. The zero-order chi connectivity index (χ0) is 16.1. The van der Waals surface area contributed by atoms with Crippen molar-refractivity contribution >= 4 is 0 Å². The van der Waals surface area contributed by atoms with Gasteiger partial charge in [-0.1, -0.05) is 37.3 Å². The van der Waals surface area contributed by atoms with E-state index in [4.69, 9.17) is 4.74 Å². The van der Waals surface area contributed by atoms with Gasteiger partial charge in [-0.3, -0.25) is 4.90 Å². The highest BCUT2D eigenvalue weighted by atomic mass is 16.5. The topological polar surface area (TPSA) is 43.2 Å². The highest BCUT2D eigenvalue weighted by Gasteiger charge is 2.25. The van der Waals surface area contributed by atoms with Crippen molar-refractivity contribution in [3.8, 4) is 0 Å². The molecule has 5 nitrogen and oxygen atoms in total. The molecule has 0 bridgehead atoms. The van der Waals surface area contributed by atoms with Crippen LogP contribution in [0.15, 0.2) is 36.7 Å². The van der Waals surface area contributed by atoms with Gasteiger partial charge in [-0.2, -0.15) is 0 Å². The largest absolute Gasteiger partial charge is 0.368 e. The van der Waals surface area contributed by atoms with Gasteiger partial charge >= 0.3 is 0 Å². The number of ether oxygens (including phenoxy) is 1. The average Bonchev–Trinajstić information content (AvgIpc) is 3.09. The van der Waals surface area contributed by atoms with Crippen molar-refractivity contribution in [2.75, 3.05) is 26.2 Å². The number of aryl methyl sites for hydroxylation is 1. The minimum atomic E-state index is 0.0400. The molecule has 1 fully saturated rings. The first kappa shape index (κ1) is 16.1. The fourth-order valence-electron chi connectivity index (χ4n) is 3.14. The van der Waals surface area contributed by atoms with Crippen molar-refractivity contribution in [2.45, 2.75) is 38.8 Å². The number of aromatic nitrogens is 3. The molecule has 1 saturated heterocycles. The molecule has 0 radical (unpaired) electrons. The van der Waals surface area contributed by atoms with Crippen molar-refractivity contribution in [2.24, 2.45) is 0 Å². The van der Waals surface area contributed by atoms with E-state index in [0.717, 1.165) is 45.0 Å². The molecule has 0 aliphatic carbocycles. The maximum atomic E-state index is 5.92. The van der Waals surface area contributed by atoms with Crippen LogP contribution in [0, 0.1) is 0 Å². The Kier molecular flexibility index (Phi) is 5.41. The first-order valence-corrected chi connectivity index (χ1v) is 8.54. The van der Waals surface area contributed by atoms with Gasteiger partial charge in [0.1, 0.15) is 12.4 Å². The fourth-order valence-corrected chi connectivity index (χ4v) is 3.14. The van der Waals surface area contributed by atoms with E-state index in [1.807, 2.05) is 0 Å². The van der Waals surface area contributed by atoms with Crippen molar-refractivity contribution in [1.29, 1.82) is 0 Å². The van der Waals surface area contributed by atoms with Crippen LogP contribution in [0.1, 0.15) is 43.7 Å². The molecular weight excluding hydrogens is 288 g/mol. The number of nitrogens with zero attached hydrogens (tertiary/aromatic N) is 4. The molecule has 2 atom stereocenters. The Bertz CT molecular complexity index is 598. The molecule has 0 N–H and O–H groups in total. The van der Waals surface area contributed by atoms with Gasteiger partial charge in [-0.05, 0) is 31.4 Å². The lowest BCUT2D eigenvalue weighted by atomic mass is 9.97. The van der Waals surface area contributed by atoms with Crippen LogP contribution in [-0.4, -0.2) is 45.9 Å². The lowest BCUT2D eigenvalue weighted by molar-refractivity contribution is -0.0366. The monoisotopic (exact) mass is 314 g/mol. The first-order valence-electron chi connectivity index (χ1n) is 8.54. The van der Waals surface area contributed by atoms with E-state index in [0.29, 0.717) is 5.92 Å². The molecule has 0 spiro atoms. The standard InChI is InChI=1S/C18H26N4O/c1-3-22-14-19-20-18(22)17-13-21(11-12-23-17)10-9-15(2)16-7-5-4-6-8-16/h4-8,14-15,17H,3,9-13H2,1-2H3/t15-,17-/m0/s1. The third kappa shape index (κ3) is 3.98. The molecule has 0 saturated carbocycles. The Balaban J connectivity index is 1.55. The van der Waals surface area contributed by atoms with Crippen LogP contribution in [0.3, 0.4) is 0 Å². The van der Waals surface area contributed by atoms with E-state index >= 15 is 0 Å². The molecule has 2 heterocycles. The van der Waals surface area contributed by atoms with Gasteiger partial charge in [0.2, 0.25) is 0 Å². The highest BCUT2D eigenvalue weighted by Crippen LogP contribution is 2.23. The van der Waals surface area contributed by atoms with Crippen LogP contribution in [0.4, 0.5) is 0 Å². The number of hydrogen-bond donors (Lipinski definition) is 0. The van der Waals surface area contributed by atoms with E-state index < -0.39 is 0 Å². The summed E-state index contributed by atoms with van der Waals surface area (Å²) in [6.07, 6.45) is 2.99. The second-order valence-electron chi connectivity index (χ2n) is 6.24. The molecular formula is C18H26N4O. The quantitative estimate of drug-likeness (QED) is 0.822. The third-order valence-corrected chi connectivity index (χ3v) is 4.67. The Morgan fingerprint density at radius 1 is 1.30 bits per heavy atom. The van der Waals surface area contributed by atoms with Gasteiger partial charge < -0.3 is 9.30 Å². The summed E-state index contributed by atoms with van der Waals surface area (Å²) in [6, 6.07) is 10.8. The van der Waals surface area contributed by atoms with Crippen molar-refractivity contribution in [3.63, 3.8) is 0 Å². The molecule has 2 aromatic rings. The van der Waals surface area contributed by atoms with Crippen LogP contribution in [0.25, 0.3) is 0 Å². The Morgan fingerprint density at radius 2 is 2.13 bits per heavy atom. The molecule has 1 aliphatic heterocycles. The van der Waals surface area contributed by atoms with Crippen LogP contribution >= 0.6 is 0 Å². The van der Waals surface area contributed by atoms with Crippen LogP contribution in [0.2, 0.25) is 0 Å². The second-order valence-corrected chi connectivity index (χ2v) is 6.24. The number of benzene rings is 1. The predicted molar refractivity (Wildman–Crippen MR) is 90.3 cm³/mol. The van der Waals surface area contributed by atoms with E-state index in [9.17, 15) is 0 Å². The summed E-state index contributed by atoms with van der Waals surface area (Å²) >= 11 is 0. The summed E-state index contributed by atoms with van der Waals surface area (Å²) < 4.78 is 7.99. The van der Waals surface area contributed by atoms with E-state index in [-0.39, 0.29) is 6.10 Å². The molecule has 23 heavy (non-hydrogen) atoms. The van der Waals surface area contributed by atoms with Gasteiger partial charge in [0.25, 0.3) is 0 Å². The zero-order valence-corrected chi connectivity index (χ0v) is 14.1. The lowest BCUT2D eigenvalue weighted by Crippen LogP contribution is -2.40. The van der Waals surface area contributed by atoms with Gasteiger partial charge in [-0.15, -0.1) is 10.2 Å². The Morgan fingerprint density at radius 3 is 2.91 bits per heavy atom. The molecule has 0 amide bonds. The normalized spacial score (nSPS) is 20.5. The van der Waals surface area contributed by atoms with Crippen molar-refractivity contribution < 1.29 is 4.74 Å². The summed E-state index contributed by atoms with van der Waals surface area (Å²) in [7, 11) is 0.